The van der Waals surface area contributed by atoms with Gasteiger partial charge in [-0.25, -0.2) is 4.98 Å². The molecule has 4 rings (SSSR count). The van der Waals surface area contributed by atoms with Crippen LogP contribution in [0.3, 0.4) is 0 Å². The zero-order valence-corrected chi connectivity index (χ0v) is 19.5. The first kappa shape index (κ1) is 21.8. The van der Waals surface area contributed by atoms with Crippen LogP contribution in [0.25, 0.3) is 10.2 Å². The number of nitrogens with zero attached hydrogens (tertiary/aromatic N) is 2. The second kappa shape index (κ2) is 8.96. The molecule has 0 saturated heterocycles. The summed E-state index contributed by atoms with van der Waals surface area (Å²) in [6.07, 6.45) is 3.06. The fourth-order valence-corrected chi connectivity index (χ4v) is 6.33. The molecule has 0 fully saturated rings. The molecule has 2 heterocycles. The van der Waals surface area contributed by atoms with Gasteiger partial charge in [-0.1, -0.05) is 18.7 Å². The summed E-state index contributed by atoms with van der Waals surface area (Å²) in [7, 11) is 0. The second-order valence-corrected chi connectivity index (χ2v) is 9.97. The van der Waals surface area contributed by atoms with Crippen LogP contribution in [-0.4, -0.2) is 27.0 Å². The SMILES string of the molecule is CCn1c(SCC(=O)c2ccc(NC(C)=O)cc2)nc2sc3c(c2c1=O)CCC(C)C3. The van der Waals surface area contributed by atoms with Crippen LogP contribution in [0, 0.1) is 5.92 Å². The molecule has 1 N–H and O–H groups in total. The zero-order valence-electron chi connectivity index (χ0n) is 17.9. The Balaban J connectivity index is 1.57. The molecular formula is C23H25N3O3S2. The maximum atomic E-state index is 13.2. The molecule has 1 aliphatic rings. The highest BCUT2D eigenvalue weighted by atomic mass is 32.2. The number of amides is 1. The summed E-state index contributed by atoms with van der Waals surface area (Å²) in [6, 6.07) is 6.82. The van der Waals surface area contributed by atoms with Crippen LogP contribution in [0.1, 0.15) is 48.0 Å². The first-order chi connectivity index (χ1) is 14.9. The van der Waals surface area contributed by atoms with Gasteiger partial charge in [-0.3, -0.25) is 19.0 Å². The van der Waals surface area contributed by atoms with Crippen molar-refractivity contribution >= 4 is 50.7 Å². The number of nitrogens with one attached hydrogen (secondary N) is 1. The molecule has 31 heavy (non-hydrogen) atoms. The summed E-state index contributed by atoms with van der Waals surface area (Å²) in [4.78, 5) is 43.9. The van der Waals surface area contributed by atoms with Crippen LogP contribution >= 0.6 is 23.1 Å². The lowest BCUT2D eigenvalue weighted by atomic mass is 9.89. The Morgan fingerprint density at radius 1 is 1.29 bits per heavy atom. The minimum absolute atomic E-state index is 0.00848. The number of hydrogen-bond donors (Lipinski definition) is 1. The number of anilines is 1. The third-order valence-electron chi connectivity index (χ3n) is 5.56. The molecule has 162 valence electrons. The Hall–Kier alpha value is -2.45. The summed E-state index contributed by atoms with van der Waals surface area (Å²) in [5.41, 5.74) is 2.41. The molecule has 1 atom stereocenters. The van der Waals surface area contributed by atoms with Crippen LogP contribution in [0.15, 0.2) is 34.2 Å². The first-order valence-corrected chi connectivity index (χ1v) is 12.3. The average Bonchev–Trinajstić information content (AvgIpc) is 3.09. The van der Waals surface area contributed by atoms with Crippen molar-refractivity contribution in [3.05, 3.63) is 50.6 Å². The Kier molecular flexibility index (Phi) is 6.29. The molecule has 8 heteroatoms. The Morgan fingerprint density at radius 2 is 2.03 bits per heavy atom. The van der Waals surface area contributed by atoms with E-state index in [1.807, 2.05) is 6.92 Å². The number of Topliss-reactive ketones (excluding diaryl/α,β-unsaturated/α-hetero) is 1. The molecular weight excluding hydrogens is 430 g/mol. The molecule has 0 spiro atoms. The van der Waals surface area contributed by atoms with Crippen molar-refractivity contribution in [3.8, 4) is 0 Å². The van der Waals surface area contributed by atoms with Crippen molar-refractivity contribution in [1.82, 2.24) is 9.55 Å². The van der Waals surface area contributed by atoms with Gasteiger partial charge in [-0.15, -0.1) is 11.3 Å². The van der Waals surface area contributed by atoms with Crippen molar-refractivity contribution in [1.29, 1.82) is 0 Å². The van der Waals surface area contributed by atoms with Crippen molar-refractivity contribution in [3.63, 3.8) is 0 Å². The van der Waals surface area contributed by atoms with Crippen molar-refractivity contribution < 1.29 is 9.59 Å². The van der Waals surface area contributed by atoms with E-state index in [1.165, 1.54) is 29.1 Å². The Morgan fingerprint density at radius 3 is 2.71 bits per heavy atom. The van der Waals surface area contributed by atoms with Gasteiger partial charge in [0, 0.05) is 29.6 Å². The molecule has 2 aromatic heterocycles. The number of benzene rings is 1. The highest BCUT2D eigenvalue weighted by molar-refractivity contribution is 7.99. The van der Waals surface area contributed by atoms with E-state index < -0.39 is 0 Å². The number of rotatable bonds is 6. The molecule has 0 saturated carbocycles. The van der Waals surface area contributed by atoms with E-state index in [1.54, 1.807) is 40.2 Å². The number of carbonyl (C=O) groups excluding carboxylic acids is 2. The van der Waals surface area contributed by atoms with E-state index in [4.69, 9.17) is 4.98 Å². The summed E-state index contributed by atoms with van der Waals surface area (Å²) in [5.74, 6) is 0.631. The van der Waals surface area contributed by atoms with Gasteiger partial charge in [0.25, 0.3) is 5.56 Å². The predicted octanol–water partition coefficient (Wildman–Crippen LogP) is 4.54. The van der Waals surface area contributed by atoms with Crippen LogP contribution in [0.2, 0.25) is 0 Å². The van der Waals surface area contributed by atoms with Crippen molar-refractivity contribution in [2.75, 3.05) is 11.1 Å². The third-order valence-corrected chi connectivity index (χ3v) is 7.68. The molecule has 0 aliphatic heterocycles. The molecule has 1 aromatic carbocycles. The van der Waals surface area contributed by atoms with Crippen LogP contribution in [0.5, 0.6) is 0 Å². The van der Waals surface area contributed by atoms with Gasteiger partial charge in [0.05, 0.1) is 11.1 Å². The summed E-state index contributed by atoms with van der Waals surface area (Å²) >= 11 is 2.93. The number of aryl methyl sites for hydroxylation is 1. The fourth-order valence-electron chi connectivity index (χ4n) is 3.95. The average molecular weight is 456 g/mol. The monoisotopic (exact) mass is 455 g/mol. The lowest BCUT2D eigenvalue weighted by Crippen LogP contribution is -2.23. The standard InChI is InChI=1S/C23H25N3O3S2/c1-4-26-22(29)20-17-10-5-13(2)11-19(17)31-21(20)25-23(26)30-12-18(28)15-6-8-16(9-7-15)24-14(3)27/h6-9,13H,4-5,10-12H2,1-3H3,(H,24,27). The Labute approximate surface area is 189 Å². The number of hydrogen-bond acceptors (Lipinski definition) is 6. The van der Waals surface area contributed by atoms with Gasteiger partial charge >= 0.3 is 0 Å². The van der Waals surface area contributed by atoms with Gasteiger partial charge < -0.3 is 5.32 Å². The summed E-state index contributed by atoms with van der Waals surface area (Å²) < 4.78 is 1.69. The topological polar surface area (TPSA) is 81.1 Å². The number of fused-ring (bicyclic) bond motifs is 3. The van der Waals surface area contributed by atoms with E-state index in [0.29, 0.717) is 28.9 Å². The molecule has 3 aromatic rings. The fraction of sp³-hybridized carbons (Fsp3) is 0.391. The summed E-state index contributed by atoms with van der Waals surface area (Å²) in [6.45, 7) is 6.14. The van der Waals surface area contributed by atoms with Crippen molar-refractivity contribution in [2.24, 2.45) is 5.92 Å². The van der Waals surface area contributed by atoms with Crippen LogP contribution in [0.4, 0.5) is 5.69 Å². The number of carbonyl (C=O) groups is 2. The lowest BCUT2D eigenvalue weighted by molar-refractivity contribution is -0.114. The third kappa shape index (κ3) is 4.45. The maximum Gasteiger partial charge on any atom is 0.263 e. The van der Waals surface area contributed by atoms with Gasteiger partial charge in [0.2, 0.25) is 5.91 Å². The molecule has 1 aliphatic carbocycles. The Bertz CT molecular complexity index is 1210. The first-order valence-electron chi connectivity index (χ1n) is 10.5. The van der Waals surface area contributed by atoms with E-state index in [0.717, 1.165) is 29.5 Å². The van der Waals surface area contributed by atoms with E-state index in [9.17, 15) is 14.4 Å². The number of thioether (sulfide) groups is 1. The van der Waals surface area contributed by atoms with E-state index >= 15 is 0 Å². The van der Waals surface area contributed by atoms with E-state index in [-0.39, 0.29) is 23.0 Å². The predicted molar refractivity (Wildman–Crippen MR) is 127 cm³/mol. The maximum absolute atomic E-state index is 13.2. The highest BCUT2D eigenvalue weighted by Gasteiger charge is 2.24. The van der Waals surface area contributed by atoms with Crippen LogP contribution in [-0.2, 0) is 24.2 Å². The van der Waals surface area contributed by atoms with Gasteiger partial charge in [-0.05, 0) is 61.9 Å². The number of ketones is 1. The van der Waals surface area contributed by atoms with E-state index in [2.05, 4.69) is 12.2 Å². The van der Waals surface area contributed by atoms with Gasteiger partial charge in [-0.2, -0.15) is 0 Å². The molecule has 1 unspecified atom stereocenters. The smallest absolute Gasteiger partial charge is 0.263 e. The molecule has 1 amide bonds. The van der Waals surface area contributed by atoms with Crippen molar-refractivity contribution in [2.45, 2.75) is 51.7 Å². The van der Waals surface area contributed by atoms with Crippen LogP contribution < -0.4 is 10.9 Å². The number of aromatic nitrogens is 2. The second-order valence-electron chi connectivity index (χ2n) is 7.95. The number of thiophene rings is 1. The minimum Gasteiger partial charge on any atom is -0.326 e. The molecule has 0 bridgehead atoms. The largest absolute Gasteiger partial charge is 0.326 e. The quantitative estimate of drug-likeness (QED) is 0.335. The zero-order chi connectivity index (χ0) is 22.1. The molecule has 6 nitrogen and oxygen atoms in total. The highest BCUT2D eigenvalue weighted by Crippen LogP contribution is 2.36. The lowest BCUT2D eigenvalue weighted by Gasteiger charge is -2.17. The summed E-state index contributed by atoms with van der Waals surface area (Å²) in [5, 5.41) is 4.06. The molecule has 0 radical (unpaired) electrons. The van der Waals surface area contributed by atoms with Gasteiger partial charge in [0.1, 0.15) is 4.83 Å². The minimum atomic E-state index is -0.154. The van der Waals surface area contributed by atoms with Gasteiger partial charge in [0.15, 0.2) is 10.9 Å². The normalized spacial score (nSPS) is 15.6.